The van der Waals surface area contributed by atoms with Crippen molar-refractivity contribution in [3.8, 4) is 16.9 Å². The van der Waals surface area contributed by atoms with Gasteiger partial charge in [0.25, 0.3) is 0 Å². The minimum absolute atomic E-state index is 0.144. The Hall–Kier alpha value is -3.01. The summed E-state index contributed by atoms with van der Waals surface area (Å²) in [5.41, 5.74) is 8.06. The number of hydrogen-bond donors (Lipinski definition) is 1. The molecule has 0 aliphatic carbocycles. The summed E-state index contributed by atoms with van der Waals surface area (Å²) in [5, 5.41) is 3.64. The van der Waals surface area contributed by atoms with Crippen molar-refractivity contribution in [3.05, 3.63) is 58.9 Å². The van der Waals surface area contributed by atoms with Gasteiger partial charge in [-0.25, -0.2) is 0 Å². The van der Waals surface area contributed by atoms with Gasteiger partial charge in [-0.15, -0.1) is 0 Å². The van der Waals surface area contributed by atoms with Gasteiger partial charge in [0.15, 0.2) is 0 Å². The standard InChI is InChI=1S/C23H25NO3/c1-13-7-8-17(14(2)9-13)20-12-27-23-16(4)22(26-6)18(11-19(20)23)15(3)10-21(25)24-5/h7-12H,1-6H3,(H,24,25)/b15-10+. The highest BCUT2D eigenvalue weighted by atomic mass is 16.5. The molecule has 0 unspecified atom stereocenters. The molecule has 3 rings (SSSR count). The molecule has 1 amide bonds. The third kappa shape index (κ3) is 3.35. The molecule has 0 saturated heterocycles. The van der Waals surface area contributed by atoms with Gasteiger partial charge in [0, 0.05) is 35.2 Å². The van der Waals surface area contributed by atoms with E-state index < -0.39 is 0 Å². The second-order valence-corrected chi connectivity index (χ2v) is 6.87. The molecule has 0 radical (unpaired) electrons. The molecule has 3 aromatic rings. The predicted octanol–water partition coefficient (Wildman–Crippen LogP) is 5.18. The lowest BCUT2D eigenvalue weighted by Crippen LogP contribution is -2.14. The minimum atomic E-state index is -0.144. The Bertz CT molecular complexity index is 1060. The summed E-state index contributed by atoms with van der Waals surface area (Å²) in [6.45, 7) is 8.09. The fraction of sp³-hybridized carbons (Fsp3) is 0.261. The highest BCUT2D eigenvalue weighted by Crippen LogP contribution is 2.41. The zero-order valence-electron chi connectivity index (χ0n) is 16.7. The molecule has 2 aromatic carbocycles. The molecular formula is C23H25NO3. The van der Waals surface area contributed by atoms with Crippen molar-refractivity contribution in [1.82, 2.24) is 5.32 Å². The van der Waals surface area contributed by atoms with E-state index in [2.05, 4.69) is 37.4 Å². The maximum atomic E-state index is 11.8. The quantitative estimate of drug-likeness (QED) is 0.650. The van der Waals surface area contributed by atoms with Crippen LogP contribution >= 0.6 is 0 Å². The zero-order chi connectivity index (χ0) is 19.7. The number of rotatable bonds is 4. The van der Waals surface area contributed by atoms with Crippen molar-refractivity contribution < 1.29 is 13.9 Å². The van der Waals surface area contributed by atoms with Crippen molar-refractivity contribution in [1.29, 1.82) is 0 Å². The number of amides is 1. The van der Waals surface area contributed by atoms with E-state index in [-0.39, 0.29) is 5.91 Å². The van der Waals surface area contributed by atoms with Crippen molar-refractivity contribution in [2.24, 2.45) is 0 Å². The maximum Gasteiger partial charge on any atom is 0.244 e. The van der Waals surface area contributed by atoms with E-state index in [9.17, 15) is 4.79 Å². The Morgan fingerprint density at radius 2 is 1.89 bits per heavy atom. The van der Waals surface area contributed by atoms with Crippen LogP contribution in [-0.2, 0) is 4.79 Å². The van der Waals surface area contributed by atoms with Crippen molar-refractivity contribution in [2.75, 3.05) is 14.2 Å². The monoisotopic (exact) mass is 363 g/mol. The minimum Gasteiger partial charge on any atom is -0.496 e. The number of hydrogen-bond acceptors (Lipinski definition) is 3. The van der Waals surface area contributed by atoms with E-state index in [0.717, 1.165) is 44.5 Å². The second-order valence-electron chi connectivity index (χ2n) is 6.87. The van der Waals surface area contributed by atoms with Gasteiger partial charge in [0.1, 0.15) is 11.3 Å². The number of fused-ring (bicyclic) bond motifs is 1. The number of furan rings is 1. The van der Waals surface area contributed by atoms with E-state index in [1.54, 1.807) is 26.5 Å². The van der Waals surface area contributed by atoms with Crippen LogP contribution in [0.2, 0.25) is 0 Å². The third-order valence-corrected chi connectivity index (χ3v) is 4.94. The van der Waals surface area contributed by atoms with Gasteiger partial charge in [-0.2, -0.15) is 0 Å². The average molecular weight is 363 g/mol. The average Bonchev–Trinajstić information content (AvgIpc) is 3.05. The summed E-state index contributed by atoms with van der Waals surface area (Å²) in [5.74, 6) is 0.579. The van der Waals surface area contributed by atoms with Crippen LogP contribution in [0.4, 0.5) is 0 Å². The van der Waals surface area contributed by atoms with Crippen LogP contribution in [0.25, 0.3) is 27.7 Å². The van der Waals surface area contributed by atoms with Crippen LogP contribution in [0.1, 0.15) is 29.2 Å². The molecule has 0 bridgehead atoms. The Labute approximate surface area is 159 Å². The molecule has 140 valence electrons. The molecule has 0 fully saturated rings. The normalized spacial score (nSPS) is 11.7. The van der Waals surface area contributed by atoms with Gasteiger partial charge in [0.2, 0.25) is 5.91 Å². The zero-order valence-corrected chi connectivity index (χ0v) is 16.7. The van der Waals surface area contributed by atoms with Crippen LogP contribution in [0.5, 0.6) is 5.75 Å². The number of carbonyl (C=O) groups is 1. The van der Waals surface area contributed by atoms with E-state index in [4.69, 9.17) is 9.15 Å². The molecule has 1 heterocycles. The highest BCUT2D eigenvalue weighted by Gasteiger charge is 2.19. The molecule has 0 aliphatic heterocycles. The molecule has 1 N–H and O–H groups in total. The van der Waals surface area contributed by atoms with Crippen LogP contribution in [-0.4, -0.2) is 20.1 Å². The number of benzene rings is 2. The van der Waals surface area contributed by atoms with Gasteiger partial charge >= 0.3 is 0 Å². The number of ether oxygens (including phenoxy) is 1. The summed E-state index contributed by atoms with van der Waals surface area (Å²) < 4.78 is 11.6. The molecule has 0 atom stereocenters. The highest BCUT2D eigenvalue weighted by molar-refractivity contribution is 6.02. The van der Waals surface area contributed by atoms with E-state index in [0.29, 0.717) is 0 Å². The van der Waals surface area contributed by atoms with Gasteiger partial charge in [-0.3, -0.25) is 4.79 Å². The number of allylic oxidation sites excluding steroid dienone is 1. The largest absolute Gasteiger partial charge is 0.496 e. The summed E-state index contributed by atoms with van der Waals surface area (Å²) in [4.78, 5) is 11.8. The van der Waals surface area contributed by atoms with Gasteiger partial charge in [-0.05, 0) is 50.5 Å². The maximum absolute atomic E-state index is 11.8. The number of aryl methyl sites for hydroxylation is 3. The lowest BCUT2D eigenvalue weighted by atomic mass is 9.94. The van der Waals surface area contributed by atoms with Crippen LogP contribution in [0, 0.1) is 20.8 Å². The number of carbonyl (C=O) groups excluding carboxylic acids is 1. The van der Waals surface area contributed by atoms with Crippen molar-refractivity contribution >= 4 is 22.4 Å². The molecule has 0 spiro atoms. The fourth-order valence-corrected chi connectivity index (χ4v) is 3.54. The first-order valence-electron chi connectivity index (χ1n) is 8.94. The molecule has 1 aromatic heterocycles. The Balaban J connectivity index is 2.29. The van der Waals surface area contributed by atoms with Crippen LogP contribution < -0.4 is 10.1 Å². The number of likely N-dealkylation sites (N-methyl/N-ethyl adjacent to an activating group) is 1. The van der Waals surface area contributed by atoms with Crippen molar-refractivity contribution in [3.63, 3.8) is 0 Å². The summed E-state index contributed by atoms with van der Waals surface area (Å²) in [7, 11) is 3.25. The van der Waals surface area contributed by atoms with Crippen LogP contribution in [0.15, 0.2) is 41.0 Å². The molecule has 0 aliphatic rings. The predicted molar refractivity (Wildman–Crippen MR) is 110 cm³/mol. The van der Waals surface area contributed by atoms with Gasteiger partial charge in [-0.1, -0.05) is 23.8 Å². The first-order chi connectivity index (χ1) is 12.9. The first-order valence-corrected chi connectivity index (χ1v) is 8.94. The molecule has 0 saturated carbocycles. The smallest absolute Gasteiger partial charge is 0.244 e. The van der Waals surface area contributed by atoms with E-state index in [1.807, 2.05) is 19.9 Å². The fourth-order valence-electron chi connectivity index (χ4n) is 3.54. The molecule has 4 heteroatoms. The third-order valence-electron chi connectivity index (χ3n) is 4.94. The Morgan fingerprint density at radius 3 is 2.52 bits per heavy atom. The Kier molecular flexibility index (Phi) is 5.08. The lowest BCUT2D eigenvalue weighted by Gasteiger charge is -2.13. The first kappa shape index (κ1) is 18.8. The number of nitrogens with one attached hydrogen (secondary N) is 1. The molecule has 4 nitrogen and oxygen atoms in total. The summed E-state index contributed by atoms with van der Waals surface area (Å²) >= 11 is 0. The van der Waals surface area contributed by atoms with Crippen LogP contribution in [0.3, 0.4) is 0 Å². The SMILES string of the molecule is CNC(=O)/C=C(\C)c1cc2c(-c3ccc(C)cc3C)coc2c(C)c1OC. The topological polar surface area (TPSA) is 51.5 Å². The molecule has 27 heavy (non-hydrogen) atoms. The lowest BCUT2D eigenvalue weighted by molar-refractivity contribution is -0.116. The molecular weight excluding hydrogens is 338 g/mol. The Morgan fingerprint density at radius 1 is 1.15 bits per heavy atom. The van der Waals surface area contributed by atoms with Crippen molar-refractivity contribution in [2.45, 2.75) is 27.7 Å². The second kappa shape index (κ2) is 7.31. The van der Waals surface area contributed by atoms with E-state index >= 15 is 0 Å². The summed E-state index contributed by atoms with van der Waals surface area (Å²) in [6.07, 6.45) is 3.39. The van der Waals surface area contributed by atoms with E-state index in [1.165, 1.54) is 11.1 Å². The number of methoxy groups -OCH3 is 1. The summed E-state index contributed by atoms with van der Waals surface area (Å²) in [6, 6.07) is 8.45. The van der Waals surface area contributed by atoms with Gasteiger partial charge in [0.05, 0.1) is 13.4 Å². The van der Waals surface area contributed by atoms with Gasteiger partial charge < -0.3 is 14.5 Å².